The van der Waals surface area contributed by atoms with E-state index in [1.165, 1.54) is 62.6 Å². The van der Waals surface area contributed by atoms with Gasteiger partial charge in [-0.3, -0.25) is 14.4 Å². The summed E-state index contributed by atoms with van der Waals surface area (Å²) in [6.45, 7) is 3.96. The molecule has 0 saturated heterocycles. The van der Waals surface area contributed by atoms with Crippen LogP contribution in [0.4, 0.5) is 26.3 Å². The number of ether oxygens (including phenoxy) is 7. The fraction of sp³-hybridized carbons (Fsp3) is 0.533. The van der Waals surface area contributed by atoms with Crippen molar-refractivity contribution in [1.82, 2.24) is 0 Å². The lowest BCUT2D eigenvalue weighted by molar-refractivity contribution is -0.279. The van der Waals surface area contributed by atoms with Crippen molar-refractivity contribution >= 4 is 29.8 Å². The van der Waals surface area contributed by atoms with Gasteiger partial charge in [0.05, 0.1) is 7.11 Å². The SMILES string of the molecule is CCC(CC[C@@H](/C=C/[C@@H]1[C@@H](C/C=C\CCCC(=O)OC)[C@@H](OC(=O)[C@](OC)(c2ccccc2)C(F)(F)F)C[C@H]1OC(C)=O)OC(=O)[C@](OC)(c1ccccc1)C(F)(F)F)OC(C)=O. The third-order valence-corrected chi connectivity index (χ3v) is 10.7. The van der Waals surface area contributed by atoms with Crippen LogP contribution in [0.2, 0.25) is 0 Å². The first-order valence-corrected chi connectivity index (χ1v) is 20.2. The van der Waals surface area contributed by atoms with Gasteiger partial charge in [0.25, 0.3) is 11.2 Å². The number of rotatable bonds is 22. The molecule has 2 aromatic carbocycles. The summed E-state index contributed by atoms with van der Waals surface area (Å²) in [7, 11) is 2.65. The molecule has 0 amide bonds. The average Bonchev–Trinajstić information content (AvgIpc) is 3.53. The second-order valence-corrected chi connectivity index (χ2v) is 14.8. The van der Waals surface area contributed by atoms with Gasteiger partial charge in [0.2, 0.25) is 0 Å². The lowest BCUT2D eigenvalue weighted by Crippen LogP contribution is -2.52. The Kier molecular flexibility index (Phi) is 19.4. The standard InChI is InChI=1S/C45H54F6O12/c1-7-33(60-29(2)52)24-25-34(62-40(55)42(58-5,44(46,47)48)31-18-12-10-13-19-31)26-27-36-35(22-16-8-9-17-23-39(54)57-4)38(28-37(36)61-30(3)53)63-41(56)43(59-6,45(49,50)51)32-20-14-11-15-21-32/h8,10-16,18-21,26-27,33-38H,7,9,17,22-25,28H2,1-6H3/b16-8-,27-26+/t33?,34-,35+,36+,37+,38-,42+,43+/m0/s1. The van der Waals surface area contributed by atoms with Crippen LogP contribution in [0.3, 0.4) is 0 Å². The molecule has 0 spiro atoms. The molecule has 3 rings (SSSR count). The molecule has 0 radical (unpaired) electrons. The highest BCUT2D eigenvalue weighted by Gasteiger charge is 2.66. The fourth-order valence-electron chi connectivity index (χ4n) is 7.57. The van der Waals surface area contributed by atoms with Crippen molar-refractivity contribution in [3.05, 3.63) is 96.1 Å². The number of methoxy groups -OCH3 is 3. The van der Waals surface area contributed by atoms with E-state index in [2.05, 4.69) is 4.74 Å². The highest BCUT2D eigenvalue weighted by atomic mass is 19.4. The second kappa shape index (κ2) is 23.5. The smallest absolute Gasteiger partial charge is 0.432 e. The predicted octanol–water partition coefficient (Wildman–Crippen LogP) is 8.55. The van der Waals surface area contributed by atoms with Gasteiger partial charge < -0.3 is 33.2 Å². The molecule has 348 valence electrons. The van der Waals surface area contributed by atoms with Crippen LogP contribution in [0.1, 0.15) is 83.3 Å². The number of halogens is 6. The molecule has 1 saturated carbocycles. The lowest BCUT2D eigenvalue weighted by Gasteiger charge is -2.34. The van der Waals surface area contributed by atoms with E-state index in [0.29, 0.717) is 33.5 Å². The molecule has 0 bridgehead atoms. The van der Waals surface area contributed by atoms with Gasteiger partial charge in [-0.25, -0.2) is 9.59 Å². The summed E-state index contributed by atoms with van der Waals surface area (Å²) in [4.78, 5) is 63.6. The third-order valence-electron chi connectivity index (χ3n) is 10.7. The van der Waals surface area contributed by atoms with Crippen LogP contribution < -0.4 is 0 Å². The van der Waals surface area contributed by atoms with Crippen LogP contribution in [0.25, 0.3) is 0 Å². The Morgan fingerprint density at radius 1 is 0.714 bits per heavy atom. The molecule has 2 aromatic rings. The summed E-state index contributed by atoms with van der Waals surface area (Å²) in [6.07, 6.45) is -8.85. The number of alkyl halides is 6. The van der Waals surface area contributed by atoms with Gasteiger partial charge in [-0.1, -0.05) is 85.8 Å². The van der Waals surface area contributed by atoms with Crippen molar-refractivity contribution in [2.75, 3.05) is 21.3 Å². The van der Waals surface area contributed by atoms with Gasteiger partial charge in [-0.2, -0.15) is 26.3 Å². The molecule has 1 aliphatic carbocycles. The molecule has 1 aliphatic rings. The highest BCUT2D eigenvalue weighted by Crippen LogP contribution is 2.47. The molecule has 63 heavy (non-hydrogen) atoms. The maximum absolute atomic E-state index is 14.9. The molecule has 1 unspecified atom stereocenters. The Balaban J connectivity index is 2.15. The number of allylic oxidation sites excluding steroid dienone is 2. The summed E-state index contributed by atoms with van der Waals surface area (Å²) in [5, 5.41) is 0. The highest BCUT2D eigenvalue weighted by molar-refractivity contribution is 5.83. The molecular formula is C45H54F6O12. The van der Waals surface area contributed by atoms with Crippen LogP contribution in [-0.4, -0.2) is 87.9 Å². The number of unbranched alkanes of at least 4 members (excludes halogenated alkanes) is 1. The second-order valence-electron chi connectivity index (χ2n) is 14.8. The Morgan fingerprint density at radius 3 is 1.75 bits per heavy atom. The minimum Gasteiger partial charge on any atom is -0.469 e. The predicted molar refractivity (Wildman–Crippen MR) is 213 cm³/mol. The molecule has 0 aromatic heterocycles. The number of esters is 5. The first kappa shape index (κ1) is 52.1. The minimum atomic E-state index is -5.33. The van der Waals surface area contributed by atoms with Gasteiger partial charge in [0.1, 0.15) is 24.4 Å². The van der Waals surface area contributed by atoms with Gasteiger partial charge in [0, 0.05) is 63.9 Å². The quantitative estimate of drug-likeness (QED) is 0.0366. The van der Waals surface area contributed by atoms with Gasteiger partial charge in [0.15, 0.2) is 0 Å². The number of carbonyl (C=O) groups is 5. The summed E-state index contributed by atoms with van der Waals surface area (Å²) >= 11 is 0. The van der Waals surface area contributed by atoms with E-state index in [9.17, 15) is 50.3 Å². The Bertz CT molecular complexity index is 1870. The summed E-state index contributed by atoms with van der Waals surface area (Å²) < 4.78 is 126. The largest absolute Gasteiger partial charge is 0.469 e. The maximum atomic E-state index is 14.9. The first-order chi connectivity index (χ1) is 29.7. The summed E-state index contributed by atoms with van der Waals surface area (Å²) in [5.41, 5.74) is -8.30. The first-order valence-electron chi connectivity index (χ1n) is 20.2. The van der Waals surface area contributed by atoms with E-state index in [1.807, 2.05) is 0 Å². The normalized spacial score (nSPS) is 20.9. The van der Waals surface area contributed by atoms with Crippen molar-refractivity contribution in [3.8, 4) is 0 Å². The van der Waals surface area contributed by atoms with Crippen molar-refractivity contribution in [1.29, 1.82) is 0 Å². The average molecular weight is 901 g/mol. The molecule has 18 heteroatoms. The molecule has 0 aliphatic heterocycles. The molecule has 0 N–H and O–H groups in total. The number of hydrogen-bond donors (Lipinski definition) is 0. The zero-order chi connectivity index (χ0) is 47.0. The zero-order valence-electron chi connectivity index (χ0n) is 35.9. The maximum Gasteiger partial charge on any atom is 0.432 e. The van der Waals surface area contributed by atoms with E-state index in [1.54, 1.807) is 19.1 Å². The monoisotopic (exact) mass is 900 g/mol. The van der Waals surface area contributed by atoms with Gasteiger partial charge in [-0.15, -0.1) is 0 Å². The van der Waals surface area contributed by atoms with Crippen molar-refractivity contribution < 1.29 is 83.5 Å². The van der Waals surface area contributed by atoms with E-state index >= 15 is 0 Å². The molecule has 1 fully saturated rings. The van der Waals surface area contributed by atoms with Crippen LogP contribution in [0.5, 0.6) is 0 Å². The Morgan fingerprint density at radius 2 is 1.27 bits per heavy atom. The van der Waals surface area contributed by atoms with E-state index in [0.717, 1.165) is 31.2 Å². The third kappa shape index (κ3) is 13.2. The van der Waals surface area contributed by atoms with Crippen molar-refractivity contribution in [2.45, 2.75) is 120 Å². The van der Waals surface area contributed by atoms with Crippen molar-refractivity contribution in [3.63, 3.8) is 0 Å². The molecular weight excluding hydrogens is 846 g/mol. The minimum absolute atomic E-state index is 0.00174. The molecule has 0 heterocycles. The summed E-state index contributed by atoms with van der Waals surface area (Å²) in [6, 6.07) is 12.2. The van der Waals surface area contributed by atoms with Crippen molar-refractivity contribution in [2.24, 2.45) is 11.8 Å². The Hall–Kier alpha value is -5.23. The van der Waals surface area contributed by atoms with Crippen LogP contribution in [-0.2, 0) is 68.3 Å². The van der Waals surface area contributed by atoms with Crippen LogP contribution in [0.15, 0.2) is 85.0 Å². The zero-order valence-corrected chi connectivity index (χ0v) is 35.9. The van der Waals surface area contributed by atoms with E-state index in [-0.39, 0.29) is 32.1 Å². The Labute approximate surface area is 362 Å². The molecule has 8 atom stereocenters. The molecule has 12 nitrogen and oxygen atoms in total. The fourth-order valence-corrected chi connectivity index (χ4v) is 7.57. The van der Waals surface area contributed by atoms with Gasteiger partial charge in [-0.05, 0) is 44.6 Å². The van der Waals surface area contributed by atoms with E-state index < -0.39 is 101 Å². The lowest BCUT2D eigenvalue weighted by atomic mass is 9.88. The van der Waals surface area contributed by atoms with Crippen LogP contribution in [0, 0.1) is 11.8 Å². The summed E-state index contributed by atoms with van der Waals surface area (Å²) in [5.74, 6) is -7.47. The number of benzene rings is 2. The van der Waals surface area contributed by atoms with Crippen LogP contribution >= 0.6 is 0 Å². The topological polar surface area (TPSA) is 150 Å². The number of carbonyl (C=O) groups excluding carboxylic acids is 5. The van der Waals surface area contributed by atoms with E-state index in [4.69, 9.17) is 28.4 Å². The van der Waals surface area contributed by atoms with Gasteiger partial charge >= 0.3 is 42.2 Å². The number of hydrogen-bond acceptors (Lipinski definition) is 12.